The number of hydrogen-bond acceptors (Lipinski definition) is 6. The molecule has 2 aliphatic rings. The number of aromatic nitrogens is 6. The minimum Gasteiger partial charge on any atom is -0.369 e. The predicted octanol–water partition coefficient (Wildman–Crippen LogP) is 6.08. The van der Waals surface area contributed by atoms with Crippen molar-refractivity contribution < 1.29 is 26.7 Å². The highest BCUT2D eigenvalue weighted by Crippen LogP contribution is 2.39. The van der Waals surface area contributed by atoms with Gasteiger partial charge in [-0.15, -0.1) is 0 Å². The molecule has 12 heteroatoms. The normalized spacial score (nSPS) is 18.2. The number of halogens is 5. The summed E-state index contributed by atoms with van der Waals surface area (Å²) in [4.78, 5) is 17.8. The van der Waals surface area contributed by atoms with Crippen LogP contribution in [0.15, 0.2) is 30.6 Å². The molecule has 0 N–H and O–H groups in total. The smallest absolute Gasteiger partial charge is 0.369 e. The molecule has 0 unspecified atom stereocenters. The minimum absolute atomic E-state index is 0.0189. The van der Waals surface area contributed by atoms with Crippen molar-refractivity contribution in [3.63, 3.8) is 0 Å². The Kier molecular flexibility index (Phi) is 5.74. The number of benzene rings is 1. The molecule has 4 heterocycles. The van der Waals surface area contributed by atoms with Crippen LogP contribution < -0.4 is 0 Å². The second-order valence-corrected chi connectivity index (χ2v) is 9.49. The summed E-state index contributed by atoms with van der Waals surface area (Å²) in [6.45, 7) is 3.71. The monoisotopic (exact) mass is 528 g/mol. The quantitative estimate of drug-likeness (QED) is 0.299. The van der Waals surface area contributed by atoms with E-state index in [-0.39, 0.29) is 28.7 Å². The van der Waals surface area contributed by atoms with E-state index in [9.17, 15) is 22.0 Å². The maximum absolute atomic E-state index is 15.0. The maximum atomic E-state index is 15.0. The van der Waals surface area contributed by atoms with Gasteiger partial charge in [-0.3, -0.25) is 4.68 Å². The molecule has 196 valence electrons. The Labute approximate surface area is 213 Å². The van der Waals surface area contributed by atoms with Gasteiger partial charge in [-0.25, -0.2) is 28.7 Å². The fourth-order valence-corrected chi connectivity index (χ4v) is 4.42. The van der Waals surface area contributed by atoms with Crippen LogP contribution in [0.25, 0.3) is 28.0 Å². The lowest BCUT2D eigenvalue weighted by Gasteiger charge is -2.21. The van der Waals surface area contributed by atoms with Crippen LogP contribution in [-0.2, 0) is 10.9 Å². The van der Waals surface area contributed by atoms with E-state index in [1.807, 2.05) is 17.0 Å². The highest BCUT2D eigenvalue weighted by molar-refractivity contribution is 5.88. The summed E-state index contributed by atoms with van der Waals surface area (Å²) in [5.74, 6) is -2.75. The number of fused-ring (bicyclic) bond motifs is 1. The van der Waals surface area contributed by atoms with E-state index in [1.165, 1.54) is 0 Å². The third kappa shape index (κ3) is 4.42. The summed E-state index contributed by atoms with van der Waals surface area (Å²) in [6, 6.07) is 1.03. The first kappa shape index (κ1) is 24.5. The van der Waals surface area contributed by atoms with Crippen LogP contribution in [0.4, 0.5) is 22.0 Å². The van der Waals surface area contributed by atoms with Crippen molar-refractivity contribution in [2.75, 3.05) is 6.61 Å². The van der Waals surface area contributed by atoms with Gasteiger partial charge in [-0.05, 0) is 50.8 Å². The molecule has 0 amide bonds. The number of rotatable bonds is 4. The average molecular weight is 528 g/mol. The molecule has 0 saturated heterocycles. The van der Waals surface area contributed by atoms with Gasteiger partial charge in [-0.1, -0.05) is 0 Å². The van der Waals surface area contributed by atoms with E-state index in [0.717, 1.165) is 18.4 Å². The van der Waals surface area contributed by atoms with Crippen molar-refractivity contribution in [1.82, 2.24) is 29.7 Å². The van der Waals surface area contributed by atoms with Crippen LogP contribution in [0.3, 0.4) is 0 Å². The summed E-state index contributed by atoms with van der Waals surface area (Å²) >= 11 is 0. The zero-order valence-corrected chi connectivity index (χ0v) is 20.4. The molecule has 0 radical (unpaired) electrons. The Balaban J connectivity index is 1.51. The first-order chi connectivity index (χ1) is 18.1. The van der Waals surface area contributed by atoms with Crippen LogP contribution in [-0.4, -0.2) is 36.3 Å². The summed E-state index contributed by atoms with van der Waals surface area (Å²) in [7, 11) is 0. The largest absolute Gasteiger partial charge is 0.419 e. The van der Waals surface area contributed by atoms with Crippen LogP contribution in [0, 0.1) is 25.5 Å². The molecule has 6 rings (SSSR count). The molecule has 4 aromatic rings. The maximum Gasteiger partial charge on any atom is 0.419 e. The van der Waals surface area contributed by atoms with E-state index >= 15 is 0 Å². The van der Waals surface area contributed by atoms with Gasteiger partial charge in [0.1, 0.15) is 28.9 Å². The Hall–Kier alpha value is -3.80. The Bertz CT molecular complexity index is 1610. The van der Waals surface area contributed by atoms with Crippen LogP contribution >= 0.6 is 0 Å². The van der Waals surface area contributed by atoms with Gasteiger partial charge in [0.05, 0.1) is 35.8 Å². The standard InChI is InChI=1S/C26H21F5N6O/c1-12-13(2)34-25-23(33-12)22(17-8-18(26(29,30)31)20(28)9-19(17)27)35-24(36-25)14-5-6-38-21(7-14)15-10-32-37(11-15)16-3-4-16/h7-11,16,21H,3-6H2,1-2H3/t21-/m1/s1. The van der Waals surface area contributed by atoms with Gasteiger partial charge in [0.2, 0.25) is 0 Å². The number of nitrogens with zero attached hydrogens (tertiary/aromatic N) is 6. The third-order valence-corrected chi connectivity index (χ3v) is 6.74. The van der Waals surface area contributed by atoms with Crippen LogP contribution in [0.5, 0.6) is 0 Å². The van der Waals surface area contributed by atoms with Crippen molar-refractivity contribution in [2.45, 2.75) is 51.4 Å². The van der Waals surface area contributed by atoms with E-state index in [4.69, 9.17) is 4.74 Å². The SMILES string of the molecule is Cc1nc2nc(C3=C[C@H](c4cnn(C5CC5)c4)OCC3)nc(-c3cc(C(F)(F)F)c(F)cc3F)c2nc1C. The molecule has 1 aliphatic carbocycles. The van der Waals surface area contributed by atoms with Crippen molar-refractivity contribution in [3.05, 3.63) is 70.6 Å². The fourth-order valence-electron chi connectivity index (χ4n) is 4.42. The van der Waals surface area contributed by atoms with Gasteiger partial charge in [-0.2, -0.15) is 18.3 Å². The molecule has 0 spiro atoms. The fraction of sp³-hybridized carbons (Fsp3) is 0.346. The van der Waals surface area contributed by atoms with Gasteiger partial charge in [0, 0.05) is 23.4 Å². The Morgan fingerprint density at radius 3 is 2.47 bits per heavy atom. The summed E-state index contributed by atoms with van der Waals surface area (Å²) in [5.41, 5.74) is 0.303. The zero-order chi connectivity index (χ0) is 26.8. The van der Waals surface area contributed by atoms with Crippen molar-refractivity contribution in [1.29, 1.82) is 0 Å². The van der Waals surface area contributed by atoms with Crippen LogP contribution in [0.1, 0.15) is 59.7 Å². The molecule has 1 saturated carbocycles. The number of aryl methyl sites for hydroxylation is 2. The molecular weight excluding hydrogens is 507 g/mol. The first-order valence-corrected chi connectivity index (χ1v) is 12.0. The molecule has 7 nitrogen and oxygen atoms in total. The van der Waals surface area contributed by atoms with Crippen molar-refractivity contribution in [2.24, 2.45) is 0 Å². The summed E-state index contributed by atoms with van der Waals surface area (Å²) in [5, 5.41) is 4.40. The predicted molar refractivity (Wildman–Crippen MR) is 127 cm³/mol. The van der Waals surface area contributed by atoms with Crippen LogP contribution in [0.2, 0.25) is 0 Å². The lowest BCUT2D eigenvalue weighted by atomic mass is 10.0. The minimum atomic E-state index is -5.03. The molecule has 0 bridgehead atoms. The zero-order valence-electron chi connectivity index (χ0n) is 20.4. The molecule has 3 aromatic heterocycles. The first-order valence-electron chi connectivity index (χ1n) is 12.0. The number of hydrogen-bond donors (Lipinski definition) is 0. The third-order valence-electron chi connectivity index (χ3n) is 6.74. The highest BCUT2D eigenvalue weighted by atomic mass is 19.4. The van der Waals surface area contributed by atoms with Gasteiger partial charge in [0.25, 0.3) is 0 Å². The molecule has 38 heavy (non-hydrogen) atoms. The second-order valence-electron chi connectivity index (χ2n) is 9.49. The highest BCUT2D eigenvalue weighted by Gasteiger charge is 2.36. The van der Waals surface area contributed by atoms with Gasteiger partial charge >= 0.3 is 6.18 Å². The van der Waals surface area contributed by atoms with E-state index in [2.05, 4.69) is 25.0 Å². The number of ether oxygens (including phenoxy) is 1. The molecule has 1 aliphatic heterocycles. The lowest BCUT2D eigenvalue weighted by molar-refractivity contribution is -0.140. The van der Waals surface area contributed by atoms with E-state index in [0.29, 0.717) is 42.1 Å². The van der Waals surface area contributed by atoms with Gasteiger partial charge in [0.15, 0.2) is 11.5 Å². The summed E-state index contributed by atoms with van der Waals surface area (Å²) in [6.07, 6.45) is 2.60. The Morgan fingerprint density at radius 2 is 1.74 bits per heavy atom. The lowest BCUT2D eigenvalue weighted by Crippen LogP contribution is -2.13. The van der Waals surface area contributed by atoms with Crippen molar-refractivity contribution in [3.8, 4) is 11.3 Å². The average Bonchev–Trinajstić information content (AvgIpc) is 3.60. The molecule has 1 fully saturated rings. The molecule has 1 aromatic carbocycles. The summed E-state index contributed by atoms with van der Waals surface area (Å²) < 4.78 is 77.3. The van der Waals surface area contributed by atoms with Gasteiger partial charge < -0.3 is 4.74 Å². The number of alkyl halides is 3. The second kappa shape index (κ2) is 8.90. The van der Waals surface area contributed by atoms with Crippen molar-refractivity contribution >= 4 is 16.7 Å². The van der Waals surface area contributed by atoms with E-state index < -0.39 is 35.0 Å². The molecular formula is C26H21F5N6O. The molecule has 1 atom stereocenters. The Morgan fingerprint density at radius 1 is 0.974 bits per heavy atom. The van der Waals surface area contributed by atoms with E-state index in [1.54, 1.807) is 20.0 Å². The topological polar surface area (TPSA) is 78.6 Å².